The third kappa shape index (κ3) is 16.7. The molecule has 23 nitrogen and oxygen atoms in total. The van der Waals surface area contributed by atoms with Crippen molar-refractivity contribution in [2.24, 2.45) is 0 Å². The lowest BCUT2D eigenvalue weighted by atomic mass is 10.1. The molecule has 0 saturated heterocycles. The van der Waals surface area contributed by atoms with Crippen molar-refractivity contribution in [1.29, 1.82) is 0 Å². The van der Waals surface area contributed by atoms with Gasteiger partial charge in [0.25, 0.3) is 35.4 Å². The second kappa shape index (κ2) is 30.1. The molecule has 0 aliphatic carbocycles. The summed E-state index contributed by atoms with van der Waals surface area (Å²) < 4.78 is 6.56. The first-order valence-electron chi connectivity index (χ1n) is 18.8. The molecule has 0 radical (unpaired) electrons. The van der Waals surface area contributed by atoms with Crippen molar-refractivity contribution in [1.82, 2.24) is 21.3 Å². The van der Waals surface area contributed by atoms with Gasteiger partial charge in [0.15, 0.2) is 0 Å². The van der Waals surface area contributed by atoms with Crippen LogP contribution in [-0.4, -0.2) is 203 Å². The third-order valence-corrected chi connectivity index (χ3v) is 15.0. The number of anilines is 2. The van der Waals surface area contributed by atoms with Crippen LogP contribution in [0, 0.1) is 21.4 Å². The van der Waals surface area contributed by atoms with Gasteiger partial charge >= 0.3 is 0 Å². The molecular weight excluding hydrogens is 1550 g/mol. The van der Waals surface area contributed by atoms with Crippen LogP contribution >= 0.6 is 136 Å². The quantitative estimate of drug-likeness (QED) is 0.0330. The maximum atomic E-state index is 13.6. The predicted molar refractivity (Wildman–Crippen MR) is 281 cm³/mol. The first-order chi connectivity index (χ1) is 30.7. The van der Waals surface area contributed by atoms with E-state index in [2.05, 4.69) is 21.3 Å². The number of amides is 6. The van der Waals surface area contributed by atoms with Gasteiger partial charge in [0.2, 0.25) is 0 Å². The number of aliphatic hydroxyl groups excluding tert-OH is 10. The maximum absolute atomic E-state index is 13.6. The number of aliphatic hydroxyl groups is 10. The molecule has 0 aliphatic rings. The molecule has 0 fully saturated rings. The Labute approximate surface area is 453 Å². The van der Waals surface area contributed by atoms with Crippen molar-refractivity contribution >= 4 is 182 Å². The van der Waals surface area contributed by atoms with E-state index in [1.807, 2.05) is 0 Å². The second-order valence-electron chi connectivity index (χ2n) is 13.3. The fourth-order valence-corrected chi connectivity index (χ4v) is 14.8. The average Bonchev–Trinajstić information content (AvgIpc) is 3.28. The number of rotatable bonds is 26. The van der Waals surface area contributed by atoms with E-state index < -0.39 is 99.5 Å². The van der Waals surface area contributed by atoms with Crippen LogP contribution in [0.2, 0.25) is 0 Å². The lowest BCUT2D eigenvalue weighted by Gasteiger charge is -2.29. The Morgan fingerprint density at radius 2 is 0.662 bits per heavy atom. The van der Waals surface area contributed by atoms with Gasteiger partial charge < -0.3 is 86.9 Å². The fourth-order valence-electron chi connectivity index (χ4n) is 5.33. The Morgan fingerprint density at radius 1 is 0.431 bits per heavy atom. The third-order valence-electron chi connectivity index (χ3n) is 8.66. The first kappa shape index (κ1) is 60.3. The summed E-state index contributed by atoms with van der Waals surface area (Å²) in [5.74, 6) is -5.01. The molecule has 0 aromatic heterocycles. The fraction of sp³-hybridized carbons (Fsp3) is 0.500. The first-order valence-corrected chi connectivity index (χ1v) is 25.3. The Bertz CT molecular complexity index is 1790. The minimum absolute atomic E-state index is 0.00955. The average molecular weight is 1600 g/mol. The molecule has 0 bridgehead atoms. The zero-order chi connectivity index (χ0) is 49.3. The van der Waals surface area contributed by atoms with Crippen LogP contribution in [0.15, 0.2) is 0 Å². The van der Waals surface area contributed by atoms with Crippen molar-refractivity contribution in [3.63, 3.8) is 0 Å². The van der Waals surface area contributed by atoms with Gasteiger partial charge in [0.05, 0.1) is 112 Å². The number of nitrogens with zero attached hydrogens (tertiary/aromatic N) is 2. The van der Waals surface area contributed by atoms with E-state index in [4.69, 9.17) is 4.74 Å². The van der Waals surface area contributed by atoms with Crippen molar-refractivity contribution in [3.8, 4) is 0 Å². The number of halogens is 6. The van der Waals surface area contributed by atoms with E-state index in [0.29, 0.717) is 0 Å². The Morgan fingerprint density at radius 3 is 0.862 bits per heavy atom. The normalized spacial score (nSPS) is 13.0. The highest BCUT2D eigenvalue weighted by atomic mass is 127. The molecule has 4 unspecified atom stereocenters. The molecular formula is C36H46I6N6O17. The summed E-state index contributed by atoms with van der Waals surface area (Å²) in [5, 5.41) is 107. The summed E-state index contributed by atoms with van der Waals surface area (Å²) in [6.45, 7) is -7.62. The number of benzene rings is 2. The summed E-state index contributed by atoms with van der Waals surface area (Å²) in [5.41, 5.74) is -0.495. The number of carbonyl (C=O) groups is 6. The van der Waals surface area contributed by atoms with Gasteiger partial charge in [0, 0.05) is 46.4 Å². The van der Waals surface area contributed by atoms with Crippen LogP contribution in [0.4, 0.5) is 11.4 Å². The predicted octanol–water partition coefficient (Wildman–Crippen LogP) is -2.99. The molecule has 4 atom stereocenters. The van der Waals surface area contributed by atoms with E-state index in [0.717, 1.165) is 9.80 Å². The van der Waals surface area contributed by atoms with Gasteiger partial charge in [-0.2, -0.15) is 0 Å². The minimum Gasteiger partial charge on any atom is -0.394 e. The lowest BCUT2D eigenvalue weighted by molar-refractivity contribution is -0.121. The minimum atomic E-state index is -1.33. The largest absolute Gasteiger partial charge is 0.394 e. The Balaban J connectivity index is 2.64. The molecule has 0 aliphatic heterocycles. The van der Waals surface area contributed by atoms with Crippen molar-refractivity contribution < 1.29 is 84.6 Å². The molecule has 0 spiro atoms. The molecule has 14 N–H and O–H groups in total. The van der Waals surface area contributed by atoms with Gasteiger partial charge in [-0.1, -0.05) is 0 Å². The maximum Gasteiger partial charge on any atom is 0.253 e. The van der Waals surface area contributed by atoms with Crippen LogP contribution in [0.5, 0.6) is 0 Å². The van der Waals surface area contributed by atoms with Gasteiger partial charge in [0.1, 0.15) is 13.2 Å². The van der Waals surface area contributed by atoms with Gasteiger partial charge in [-0.15, -0.1) is 0 Å². The van der Waals surface area contributed by atoms with Gasteiger partial charge in [-0.25, -0.2) is 0 Å². The SMILES string of the molecule is O=C(NCC(O)CO)c1c(I)c(C(=O)NCC(O)CO)c(I)c(N(CCOCCN(C(=O)CO)c2c(I)c(C(=O)NCC(O)CO)c(I)c(C(=O)NCC(O)CO)c2I)C(=O)CO)c1I. The molecule has 65 heavy (non-hydrogen) atoms. The zero-order valence-corrected chi connectivity index (χ0v) is 46.6. The number of nitrogens with one attached hydrogen (secondary N) is 4. The number of ether oxygens (including phenoxy) is 1. The standard InChI is InChI=1S/C36H46I6N6O17/c37-25-21(33(61)43-5-15(55)9-49)27(39)31(28(40)22(25)34(62)44-6-16(56)10-50)47(19(59)13-53)1-3-65-4-2-48(20(60)14-54)32-29(41)23(35(63)45-7-17(57)11-51)26(38)24(30(32)42)36(64)46-8-18(58)12-52/h15-18,49-58H,1-14H2,(H,43,61)(H,44,62)(H,45,63)(H,46,64). The summed E-state index contributed by atoms with van der Waals surface area (Å²) in [6.07, 6.45) is -5.32. The Kier molecular flexibility index (Phi) is 27.9. The molecule has 6 amide bonds. The van der Waals surface area contributed by atoms with Crippen LogP contribution in [-0.2, 0) is 14.3 Å². The second-order valence-corrected chi connectivity index (χ2v) is 19.8. The van der Waals surface area contributed by atoms with E-state index in [9.17, 15) is 79.8 Å². The summed E-state index contributed by atoms with van der Waals surface area (Å²) in [6, 6.07) is 0. The smallest absolute Gasteiger partial charge is 0.253 e. The molecule has 0 saturated carbocycles. The van der Waals surface area contributed by atoms with E-state index in [-0.39, 0.29) is 108 Å². The van der Waals surface area contributed by atoms with Crippen molar-refractivity contribution in [2.45, 2.75) is 24.4 Å². The van der Waals surface area contributed by atoms with Crippen LogP contribution in [0.1, 0.15) is 41.4 Å². The van der Waals surface area contributed by atoms with E-state index in [1.54, 1.807) is 136 Å². The molecule has 364 valence electrons. The van der Waals surface area contributed by atoms with Crippen molar-refractivity contribution in [2.75, 3.05) is 102 Å². The number of hydrogen-bond acceptors (Lipinski definition) is 17. The van der Waals surface area contributed by atoms with Crippen LogP contribution in [0.3, 0.4) is 0 Å². The highest BCUT2D eigenvalue weighted by molar-refractivity contribution is 14.1. The molecule has 2 aromatic carbocycles. The zero-order valence-electron chi connectivity index (χ0n) is 33.7. The van der Waals surface area contributed by atoms with Crippen molar-refractivity contribution in [3.05, 3.63) is 43.7 Å². The van der Waals surface area contributed by atoms with Gasteiger partial charge in [-0.05, 0) is 136 Å². The topological polar surface area (TPSA) is 369 Å². The van der Waals surface area contributed by atoms with E-state index in [1.165, 1.54) is 0 Å². The lowest BCUT2D eigenvalue weighted by Crippen LogP contribution is -2.41. The highest BCUT2D eigenvalue weighted by Crippen LogP contribution is 2.40. The molecule has 29 heteroatoms. The summed E-state index contributed by atoms with van der Waals surface area (Å²) in [7, 11) is 0. The molecule has 2 aromatic rings. The molecule has 2 rings (SSSR count). The highest BCUT2D eigenvalue weighted by Gasteiger charge is 2.34. The van der Waals surface area contributed by atoms with Crippen LogP contribution in [0.25, 0.3) is 0 Å². The van der Waals surface area contributed by atoms with Gasteiger partial charge in [-0.3, -0.25) is 28.8 Å². The number of carbonyl (C=O) groups excluding carboxylic acids is 6. The number of hydrogen-bond donors (Lipinski definition) is 14. The Hall–Kier alpha value is -0.800. The monoisotopic (exact) mass is 1600 g/mol. The summed E-state index contributed by atoms with van der Waals surface area (Å²) >= 11 is 10.6. The summed E-state index contributed by atoms with van der Waals surface area (Å²) in [4.78, 5) is 83.2. The van der Waals surface area contributed by atoms with E-state index >= 15 is 0 Å². The van der Waals surface area contributed by atoms with Crippen LogP contribution < -0.4 is 31.1 Å². The molecule has 0 heterocycles.